The summed E-state index contributed by atoms with van der Waals surface area (Å²) in [5.74, 6) is 1.96. The van der Waals surface area contributed by atoms with Crippen LogP contribution in [0.5, 0.6) is 0 Å². The van der Waals surface area contributed by atoms with Crippen LogP contribution in [0.3, 0.4) is 0 Å². The van der Waals surface area contributed by atoms with Gasteiger partial charge in [-0.1, -0.05) is 13.8 Å². The molecular weight excluding hydrogens is 302 g/mol. The van der Waals surface area contributed by atoms with Crippen molar-refractivity contribution in [1.29, 1.82) is 5.26 Å². The van der Waals surface area contributed by atoms with Gasteiger partial charge in [-0.2, -0.15) is 5.26 Å². The number of nitrogens with zero attached hydrogens (tertiary/aromatic N) is 1. The van der Waals surface area contributed by atoms with Crippen molar-refractivity contribution < 1.29 is 14.9 Å². The van der Waals surface area contributed by atoms with E-state index in [1.54, 1.807) is 0 Å². The Kier molecular flexibility index (Phi) is 2.77. The Bertz CT molecular complexity index is 681. The molecule has 4 aliphatic carbocycles. The van der Waals surface area contributed by atoms with Crippen LogP contribution < -0.4 is 0 Å². The van der Waals surface area contributed by atoms with Gasteiger partial charge in [0.2, 0.25) is 0 Å². The first-order valence-corrected chi connectivity index (χ1v) is 9.55. The van der Waals surface area contributed by atoms with E-state index in [0.717, 1.165) is 38.5 Å². The number of ether oxygens (including phenoxy) is 1. The molecule has 1 aliphatic heterocycles. The van der Waals surface area contributed by atoms with Gasteiger partial charge >= 0.3 is 0 Å². The first-order chi connectivity index (χ1) is 11.4. The van der Waals surface area contributed by atoms with Crippen molar-refractivity contribution in [3.05, 3.63) is 11.3 Å². The van der Waals surface area contributed by atoms with Crippen LogP contribution in [0, 0.1) is 39.9 Å². The summed E-state index contributed by atoms with van der Waals surface area (Å²) < 4.78 is 6.11. The van der Waals surface area contributed by atoms with Crippen LogP contribution >= 0.6 is 0 Å². The van der Waals surface area contributed by atoms with E-state index in [0.29, 0.717) is 29.7 Å². The van der Waals surface area contributed by atoms with Gasteiger partial charge < -0.3 is 14.9 Å². The van der Waals surface area contributed by atoms with E-state index >= 15 is 0 Å². The van der Waals surface area contributed by atoms with Crippen LogP contribution in [-0.2, 0) is 4.74 Å². The van der Waals surface area contributed by atoms with E-state index in [-0.39, 0.29) is 34.4 Å². The molecule has 130 valence electrons. The zero-order valence-electron chi connectivity index (χ0n) is 14.6. The third-order valence-corrected chi connectivity index (χ3v) is 8.95. The van der Waals surface area contributed by atoms with Gasteiger partial charge in [-0.05, 0) is 68.1 Å². The van der Waals surface area contributed by atoms with Crippen LogP contribution in [0.2, 0.25) is 0 Å². The minimum absolute atomic E-state index is 0.0489. The molecule has 3 saturated carbocycles. The van der Waals surface area contributed by atoms with Gasteiger partial charge in [-0.3, -0.25) is 0 Å². The van der Waals surface area contributed by atoms with Gasteiger partial charge in [-0.25, -0.2) is 0 Å². The summed E-state index contributed by atoms with van der Waals surface area (Å²) in [5.41, 5.74) is 0.336. The van der Waals surface area contributed by atoms with Crippen LogP contribution in [0.1, 0.15) is 58.8 Å². The second-order valence-corrected chi connectivity index (χ2v) is 9.51. The summed E-state index contributed by atoms with van der Waals surface area (Å²) in [5, 5.41) is 30.4. The second-order valence-electron chi connectivity index (χ2n) is 9.51. The predicted molar refractivity (Wildman–Crippen MR) is 87.9 cm³/mol. The van der Waals surface area contributed by atoms with Crippen molar-refractivity contribution >= 4 is 0 Å². The van der Waals surface area contributed by atoms with Crippen molar-refractivity contribution in [3.8, 4) is 6.07 Å². The fraction of sp³-hybridized carbons (Fsp3) is 0.850. The van der Waals surface area contributed by atoms with Crippen molar-refractivity contribution in [2.75, 3.05) is 0 Å². The first-order valence-electron chi connectivity index (χ1n) is 9.55. The molecule has 4 heteroatoms. The minimum Gasteiger partial charge on any atom is -0.508 e. The molecule has 1 saturated heterocycles. The third-order valence-electron chi connectivity index (χ3n) is 8.95. The Hall–Kier alpha value is -1.05. The molecule has 2 N–H and O–H groups in total. The molecule has 0 amide bonds. The molecule has 0 radical (unpaired) electrons. The Balaban J connectivity index is 1.55. The lowest BCUT2D eigenvalue weighted by molar-refractivity contribution is -0.116. The molecule has 24 heavy (non-hydrogen) atoms. The molecule has 5 rings (SSSR count). The monoisotopic (exact) mass is 329 g/mol. The summed E-state index contributed by atoms with van der Waals surface area (Å²) in [6.07, 6.45) is 6.65. The fourth-order valence-corrected chi connectivity index (χ4v) is 7.50. The molecule has 5 aliphatic rings. The number of allylic oxidation sites excluding steroid dienone is 1. The van der Waals surface area contributed by atoms with Crippen molar-refractivity contribution in [2.45, 2.75) is 76.6 Å². The van der Waals surface area contributed by atoms with E-state index < -0.39 is 0 Å². The van der Waals surface area contributed by atoms with Gasteiger partial charge in [0.15, 0.2) is 0 Å². The largest absolute Gasteiger partial charge is 0.508 e. The van der Waals surface area contributed by atoms with E-state index in [2.05, 4.69) is 19.9 Å². The van der Waals surface area contributed by atoms with Gasteiger partial charge in [0, 0.05) is 5.41 Å². The number of epoxide rings is 1. The van der Waals surface area contributed by atoms with Gasteiger partial charge in [0.25, 0.3) is 0 Å². The molecule has 0 aromatic rings. The zero-order chi connectivity index (χ0) is 16.9. The summed E-state index contributed by atoms with van der Waals surface area (Å²) in [7, 11) is 0. The third kappa shape index (κ3) is 1.48. The fourth-order valence-electron chi connectivity index (χ4n) is 7.50. The molecule has 0 aromatic carbocycles. The van der Waals surface area contributed by atoms with E-state index in [9.17, 15) is 15.5 Å². The highest BCUT2D eigenvalue weighted by atomic mass is 16.6. The number of aliphatic hydroxyl groups excluding tert-OH is 2. The molecule has 4 nitrogen and oxygen atoms in total. The number of aliphatic hydroxyl groups is 2. The zero-order valence-corrected chi connectivity index (χ0v) is 14.6. The van der Waals surface area contributed by atoms with Gasteiger partial charge in [-0.15, -0.1) is 0 Å². The Morgan fingerprint density at radius 1 is 1.12 bits per heavy atom. The standard InChI is InChI=1S/C20H27NO3/c1-18-7-6-14-12(13(18)3-4-15(18)22)5-8-20-17(24-20)16(23)11(10-21)9-19(14,20)2/h12-15,17,22-23H,3-9H2,1-2H3/t12?,13?,14?,15-,17-,18+,19-,20-/m1/s1. The maximum atomic E-state index is 10.5. The van der Waals surface area contributed by atoms with Crippen LogP contribution in [0.15, 0.2) is 11.3 Å². The van der Waals surface area contributed by atoms with Crippen LogP contribution in [-0.4, -0.2) is 28.0 Å². The van der Waals surface area contributed by atoms with Gasteiger partial charge in [0.1, 0.15) is 17.5 Å². The molecule has 1 spiro atoms. The second kappa shape index (κ2) is 4.37. The molecule has 8 atom stereocenters. The number of hydrogen-bond acceptors (Lipinski definition) is 4. The van der Waals surface area contributed by atoms with Crippen LogP contribution in [0.25, 0.3) is 0 Å². The van der Waals surface area contributed by atoms with Crippen LogP contribution in [0.4, 0.5) is 0 Å². The Morgan fingerprint density at radius 3 is 2.67 bits per heavy atom. The summed E-state index contributed by atoms with van der Waals surface area (Å²) >= 11 is 0. The summed E-state index contributed by atoms with van der Waals surface area (Å²) in [4.78, 5) is 0. The highest BCUT2D eigenvalue weighted by molar-refractivity contribution is 5.41. The highest BCUT2D eigenvalue weighted by Crippen LogP contribution is 2.73. The van der Waals surface area contributed by atoms with E-state index in [4.69, 9.17) is 4.74 Å². The molecule has 4 fully saturated rings. The first kappa shape index (κ1) is 15.2. The average molecular weight is 329 g/mol. The molecule has 0 bridgehead atoms. The smallest absolute Gasteiger partial charge is 0.146 e. The van der Waals surface area contributed by atoms with Crippen molar-refractivity contribution in [3.63, 3.8) is 0 Å². The lowest BCUT2D eigenvalue weighted by Crippen LogP contribution is -2.57. The quantitative estimate of drug-likeness (QED) is 0.667. The van der Waals surface area contributed by atoms with Gasteiger partial charge in [0.05, 0.1) is 17.7 Å². The predicted octanol–water partition coefficient (Wildman–Crippen LogP) is 3.47. The van der Waals surface area contributed by atoms with E-state index in [1.165, 1.54) is 0 Å². The number of rotatable bonds is 0. The Labute approximate surface area is 143 Å². The number of nitriles is 1. The summed E-state index contributed by atoms with van der Waals surface area (Å²) in [6.45, 7) is 4.60. The number of hydrogen-bond donors (Lipinski definition) is 2. The van der Waals surface area contributed by atoms with Crippen molar-refractivity contribution in [1.82, 2.24) is 0 Å². The normalized spacial score (nSPS) is 58.2. The molecule has 3 unspecified atom stereocenters. The maximum Gasteiger partial charge on any atom is 0.146 e. The molecule has 1 heterocycles. The topological polar surface area (TPSA) is 76.8 Å². The molecule has 0 aromatic heterocycles. The average Bonchev–Trinajstić information content (AvgIpc) is 3.23. The number of fused-ring (bicyclic) bond motifs is 4. The highest BCUT2D eigenvalue weighted by Gasteiger charge is 2.76. The summed E-state index contributed by atoms with van der Waals surface area (Å²) in [6, 6.07) is 2.23. The lowest BCUT2D eigenvalue weighted by Gasteiger charge is -2.58. The van der Waals surface area contributed by atoms with Crippen molar-refractivity contribution in [2.24, 2.45) is 28.6 Å². The molecular formula is C20H27NO3. The SMILES string of the molecule is C[C@]12CCC3C(CC[C@@]45O[C@@H]4C(O)=C(C#N)C[C@]35C)C1CC[C@H]2O. The lowest BCUT2D eigenvalue weighted by atomic mass is 9.45. The maximum absolute atomic E-state index is 10.5. The Morgan fingerprint density at radius 2 is 1.92 bits per heavy atom. The van der Waals surface area contributed by atoms with E-state index in [1.807, 2.05) is 0 Å². The minimum atomic E-state index is -0.241.